The van der Waals surface area contributed by atoms with Gasteiger partial charge < -0.3 is 14.0 Å². The molecule has 2 aromatic carbocycles. The van der Waals surface area contributed by atoms with Crippen LogP contribution in [0.4, 0.5) is 5.69 Å². The SMILES string of the molecule is O=C(Cn1cccc1-c1nc(-c2cccc(Cl)c2)no1)N1CCCc2ccccc21. The maximum Gasteiger partial charge on any atom is 0.274 e. The van der Waals surface area contributed by atoms with Crippen molar-refractivity contribution in [1.82, 2.24) is 14.7 Å². The van der Waals surface area contributed by atoms with Gasteiger partial charge in [0, 0.05) is 29.0 Å². The topological polar surface area (TPSA) is 64.2 Å². The van der Waals surface area contributed by atoms with Crippen LogP contribution in [0, 0.1) is 0 Å². The van der Waals surface area contributed by atoms with E-state index in [0.29, 0.717) is 22.4 Å². The Morgan fingerprint density at radius 2 is 2.00 bits per heavy atom. The summed E-state index contributed by atoms with van der Waals surface area (Å²) in [5.74, 6) is 0.854. The van der Waals surface area contributed by atoms with E-state index in [2.05, 4.69) is 16.2 Å². The Bertz CT molecular complexity index is 1210. The zero-order chi connectivity index (χ0) is 20.5. The van der Waals surface area contributed by atoms with Gasteiger partial charge in [-0.15, -0.1) is 0 Å². The van der Waals surface area contributed by atoms with Crippen molar-refractivity contribution in [2.45, 2.75) is 19.4 Å². The van der Waals surface area contributed by atoms with Crippen LogP contribution in [0.1, 0.15) is 12.0 Å². The van der Waals surface area contributed by atoms with E-state index in [1.54, 1.807) is 12.1 Å². The van der Waals surface area contributed by atoms with Crippen molar-refractivity contribution < 1.29 is 9.32 Å². The van der Waals surface area contributed by atoms with Crippen LogP contribution >= 0.6 is 11.6 Å². The number of nitrogens with zero attached hydrogens (tertiary/aromatic N) is 4. The van der Waals surface area contributed by atoms with E-state index in [4.69, 9.17) is 16.1 Å². The number of benzene rings is 2. The van der Waals surface area contributed by atoms with Crippen LogP contribution in [0.15, 0.2) is 71.4 Å². The van der Waals surface area contributed by atoms with Crippen molar-refractivity contribution in [3.8, 4) is 23.0 Å². The van der Waals surface area contributed by atoms with Crippen LogP contribution in [0.25, 0.3) is 23.0 Å². The molecule has 1 amide bonds. The van der Waals surface area contributed by atoms with Gasteiger partial charge in [-0.25, -0.2) is 0 Å². The highest BCUT2D eigenvalue weighted by molar-refractivity contribution is 6.30. The molecule has 6 nitrogen and oxygen atoms in total. The Labute approximate surface area is 178 Å². The zero-order valence-electron chi connectivity index (χ0n) is 16.2. The van der Waals surface area contributed by atoms with E-state index in [1.165, 1.54) is 5.56 Å². The second-order valence-corrected chi connectivity index (χ2v) is 7.67. The summed E-state index contributed by atoms with van der Waals surface area (Å²) < 4.78 is 7.32. The summed E-state index contributed by atoms with van der Waals surface area (Å²) >= 11 is 6.06. The number of aryl methyl sites for hydroxylation is 1. The average Bonchev–Trinajstić information content (AvgIpc) is 3.43. The first-order chi connectivity index (χ1) is 14.7. The van der Waals surface area contributed by atoms with Gasteiger partial charge in [0.1, 0.15) is 12.2 Å². The maximum atomic E-state index is 13.1. The summed E-state index contributed by atoms with van der Waals surface area (Å²) in [5, 5.41) is 4.68. The number of hydrogen-bond acceptors (Lipinski definition) is 4. The van der Waals surface area contributed by atoms with Gasteiger partial charge in [0.25, 0.3) is 5.89 Å². The lowest BCUT2D eigenvalue weighted by atomic mass is 10.0. The minimum atomic E-state index is 0.0363. The number of halogens is 1. The molecule has 0 fully saturated rings. The van der Waals surface area contributed by atoms with Crippen LogP contribution in [-0.4, -0.2) is 27.2 Å². The number of amides is 1. The number of carbonyl (C=O) groups excluding carboxylic acids is 1. The van der Waals surface area contributed by atoms with Gasteiger partial charge in [0.2, 0.25) is 11.7 Å². The normalized spacial score (nSPS) is 13.3. The molecule has 0 saturated heterocycles. The Morgan fingerprint density at radius 3 is 2.90 bits per heavy atom. The molecule has 0 radical (unpaired) electrons. The summed E-state index contributed by atoms with van der Waals surface area (Å²) in [5.41, 5.74) is 3.70. The van der Waals surface area contributed by atoms with E-state index in [0.717, 1.165) is 30.6 Å². The first-order valence-electron chi connectivity index (χ1n) is 9.82. The monoisotopic (exact) mass is 418 g/mol. The molecule has 150 valence electrons. The average molecular weight is 419 g/mol. The van der Waals surface area contributed by atoms with Gasteiger partial charge in [-0.3, -0.25) is 4.79 Å². The summed E-state index contributed by atoms with van der Waals surface area (Å²) in [4.78, 5) is 19.5. The van der Waals surface area contributed by atoms with E-state index in [9.17, 15) is 4.79 Å². The number of para-hydroxylation sites is 1. The van der Waals surface area contributed by atoms with Crippen molar-refractivity contribution in [3.63, 3.8) is 0 Å². The molecule has 0 bridgehead atoms. The molecule has 2 aromatic heterocycles. The fourth-order valence-electron chi connectivity index (χ4n) is 3.84. The van der Waals surface area contributed by atoms with Crippen LogP contribution in [-0.2, 0) is 17.8 Å². The molecular weight excluding hydrogens is 400 g/mol. The molecule has 7 heteroatoms. The lowest BCUT2D eigenvalue weighted by molar-refractivity contribution is -0.119. The molecule has 0 atom stereocenters. The van der Waals surface area contributed by atoms with Crippen molar-refractivity contribution in [2.24, 2.45) is 0 Å². The number of aromatic nitrogens is 3. The van der Waals surface area contributed by atoms with E-state index in [1.807, 2.05) is 58.1 Å². The second kappa shape index (κ2) is 7.80. The first kappa shape index (κ1) is 18.6. The van der Waals surface area contributed by atoms with Gasteiger partial charge in [0.05, 0.1) is 0 Å². The number of anilines is 1. The zero-order valence-corrected chi connectivity index (χ0v) is 16.9. The number of fused-ring (bicyclic) bond motifs is 1. The van der Waals surface area contributed by atoms with Gasteiger partial charge in [0.15, 0.2) is 0 Å². The number of rotatable bonds is 4. The van der Waals surface area contributed by atoms with Crippen molar-refractivity contribution >= 4 is 23.2 Å². The molecule has 1 aliphatic heterocycles. The second-order valence-electron chi connectivity index (χ2n) is 7.23. The third-order valence-corrected chi connectivity index (χ3v) is 5.51. The summed E-state index contributed by atoms with van der Waals surface area (Å²) in [6.07, 6.45) is 3.82. The van der Waals surface area contributed by atoms with Crippen molar-refractivity contribution in [3.05, 3.63) is 77.4 Å². The molecule has 4 aromatic rings. The highest BCUT2D eigenvalue weighted by atomic mass is 35.5. The minimum Gasteiger partial charge on any atom is -0.334 e. The molecule has 0 saturated carbocycles. The molecule has 0 spiro atoms. The number of hydrogen-bond donors (Lipinski definition) is 0. The van der Waals surface area contributed by atoms with Gasteiger partial charge in [-0.05, 0) is 48.7 Å². The molecule has 1 aliphatic rings. The third-order valence-electron chi connectivity index (χ3n) is 5.27. The van der Waals surface area contributed by atoms with Gasteiger partial charge in [-0.2, -0.15) is 4.98 Å². The summed E-state index contributed by atoms with van der Waals surface area (Å²) in [7, 11) is 0. The van der Waals surface area contributed by atoms with Gasteiger partial charge in [-0.1, -0.05) is 47.1 Å². The molecule has 30 heavy (non-hydrogen) atoms. The quantitative estimate of drug-likeness (QED) is 0.475. The first-order valence-corrected chi connectivity index (χ1v) is 10.2. The van der Waals surface area contributed by atoms with E-state index >= 15 is 0 Å². The minimum absolute atomic E-state index is 0.0363. The Hall–Kier alpha value is -3.38. The van der Waals surface area contributed by atoms with E-state index < -0.39 is 0 Å². The molecule has 3 heterocycles. The fourth-order valence-corrected chi connectivity index (χ4v) is 4.03. The molecule has 0 unspecified atom stereocenters. The standard InChI is InChI=1S/C23H19ClN4O2/c24-18-9-3-7-17(14-18)22-25-23(30-26-22)20-11-5-12-27(20)15-21(29)28-13-4-8-16-6-1-2-10-19(16)28/h1-3,5-7,9-12,14H,4,8,13,15H2. The Kier molecular flexibility index (Phi) is 4.85. The molecule has 5 rings (SSSR count). The molecular formula is C23H19ClN4O2. The maximum absolute atomic E-state index is 13.1. The van der Waals surface area contributed by atoms with Crippen LogP contribution in [0.3, 0.4) is 0 Å². The predicted molar refractivity (Wildman–Crippen MR) is 115 cm³/mol. The lowest BCUT2D eigenvalue weighted by Crippen LogP contribution is -2.37. The lowest BCUT2D eigenvalue weighted by Gasteiger charge is -2.29. The fraction of sp³-hybridized carbons (Fsp3) is 0.174. The number of carbonyl (C=O) groups is 1. The third kappa shape index (κ3) is 3.50. The largest absolute Gasteiger partial charge is 0.334 e. The van der Waals surface area contributed by atoms with Crippen molar-refractivity contribution in [2.75, 3.05) is 11.4 Å². The van der Waals surface area contributed by atoms with Crippen LogP contribution in [0.2, 0.25) is 5.02 Å². The highest BCUT2D eigenvalue weighted by Crippen LogP contribution is 2.28. The van der Waals surface area contributed by atoms with Crippen LogP contribution < -0.4 is 4.90 Å². The smallest absolute Gasteiger partial charge is 0.274 e. The van der Waals surface area contributed by atoms with E-state index in [-0.39, 0.29) is 12.5 Å². The van der Waals surface area contributed by atoms with Crippen LogP contribution in [0.5, 0.6) is 0 Å². The van der Waals surface area contributed by atoms with Crippen molar-refractivity contribution in [1.29, 1.82) is 0 Å². The highest BCUT2D eigenvalue weighted by Gasteiger charge is 2.23. The summed E-state index contributed by atoms with van der Waals surface area (Å²) in [6, 6.07) is 19.1. The van der Waals surface area contributed by atoms with Gasteiger partial charge >= 0.3 is 0 Å². The molecule has 0 N–H and O–H groups in total. The molecule has 0 aliphatic carbocycles. The summed E-state index contributed by atoms with van der Waals surface area (Å²) in [6.45, 7) is 0.928. The Balaban J connectivity index is 1.39. The Morgan fingerprint density at radius 1 is 1.10 bits per heavy atom. The predicted octanol–water partition coefficient (Wildman–Crippen LogP) is 4.84.